The highest BCUT2D eigenvalue weighted by atomic mass is 16.6. The van der Waals surface area contributed by atoms with Gasteiger partial charge in [-0.2, -0.15) is 0 Å². The number of amides is 1. The van der Waals surface area contributed by atoms with Crippen LogP contribution < -0.4 is 5.32 Å². The molecule has 0 radical (unpaired) electrons. The van der Waals surface area contributed by atoms with Gasteiger partial charge in [-0.15, -0.1) is 0 Å². The lowest BCUT2D eigenvalue weighted by molar-refractivity contribution is -0.118. The van der Waals surface area contributed by atoms with Crippen molar-refractivity contribution in [2.45, 2.75) is 39.7 Å². The van der Waals surface area contributed by atoms with Crippen LogP contribution in [0.2, 0.25) is 0 Å². The molecule has 0 heterocycles. The van der Waals surface area contributed by atoms with Gasteiger partial charge in [0.15, 0.2) is 0 Å². The van der Waals surface area contributed by atoms with E-state index in [1.54, 1.807) is 6.92 Å². The van der Waals surface area contributed by atoms with Crippen LogP contribution in [0, 0.1) is 0 Å². The molecular formula is C17H33NO7. The fraction of sp³-hybridized carbons (Fsp3) is 0.882. The van der Waals surface area contributed by atoms with Crippen molar-refractivity contribution in [1.29, 1.82) is 0 Å². The van der Waals surface area contributed by atoms with Crippen molar-refractivity contribution < 1.29 is 33.3 Å². The highest BCUT2D eigenvalue weighted by Gasteiger charge is 2.15. The summed E-state index contributed by atoms with van der Waals surface area (Å²) in [5.74, 6) is 0.122. The summed E-state index contributed by atoms with van der Waals surface area (Å²) in [6.45, 7) is 11.0. The quantitative estimate of drug-likeness (QED) is 0.441. The molecule has 0 saturated heterocycles. The molecule has 8 heteroatoms. The van der Waals surface area contributed by atoms with Gasteiger partial charge in [0.25, 0.3) is 0 Å². The van der Waals surface area contributed by atoms with Crippen molar-refractivity contribution in [1.82, 2.24) is 5.32 Å². The molecule has 148 valence electrons. The standard InChI is InChI=1S/C17H33NO7/c1-15(19)5-7-21-9-11-23-13-14-24-12-10-22-8-6-18-16(20)25-17(2,3)4/h5-14H2,1-4H3,(H,18,20). The summed E-state index contributed by atoms with van der Waals surface area (Å²) in [7, 11) is 0. The second kappa shape index (κ2) is 15.1. The second-order valence-corrected chi connectivity index (χ2v) is 6.33. The van der Waals surface area contributed by atoms with Crippen molar-refractivity contribution in [2.24, 2.45) is 0 Å². The Morgan fingerprint density at radius 2 is 1.20 bits per heavy atom. The lowest BCUT2D eigenvalue weighted by Gasteiger charge is -2.19. The average molecular weight is 363 g/mol. The van der Waals surface area contributed by atoms with Crippen LogP contribution in [0.25, 0.3) is 0 Å². The molecule has 0 rings (SSSR count). The fourth-order valence-electron chi connectivity index (χ4n) is 1.52. The molecule has 1 N–H and O–H groups in total. The molecule has 0 spiro atoms. The number of rotatable bonds is 15. The van der Waals surface area contributed by atoms with E-state index in [1.807, 2.05) is 20.8 Å². The second-order valence-electron chi connectivity index (χ2n) is 6.33. The Balaban J connectivity index is 3.17. The van der Waals surface area contributed by atoms with Crippen LogP contribution >= 0.6 is 0 Å². The van der Waals surface area contributed by atoms with Crippen LogP contribution in [0.5, 0.6) is 0 Å². The predicted molar refractivity (Wildman–Crippen MR) is 92.8 cm³/mol. The Labute approximate surface area is 150 Å². The van der Waals surface area contributed by atoms with Crippen molar-refractivity contribution in [2.75, 3.05) is 59.4 Å². The monoisotopic (exact) mass is 363 g/mol. The van der Waals surface area contributed by atoms with Crippen LogP contribution in [0.4, 0.5) is 4.79 Å². The summed E-state index contributed by atoms with van der Waals surface area (Å²) in [5.41, 5.74) is -0.498. The molecule has 0 aromatic carbocycles. The number of carbonyl (C=O) groups is 2. The van der Waals surface area contributed by atoms with E-state index >= 15 is 0 Å². The molecule has 0 bridgehead atoms. The SMILES string of the molecule is CC(=O)CCOCCOCCOCCOCCNC(=O)OC(C)(C)C. The summed E-state index contributed by atoms with van der Waals surface area (Å²) in [4.78, 5) is 22.0. The van der Waals surface area contributed by atoms with Crippen LogP contribution in [0.1, 0.15) is 34.1 Å². The number of hydrogen-bond acceptors (Lipinski definition) is 7. The van der Waals surface area contributed by atoms with Crippen molar-refractivity contribution in [3.8, 4) is 0 Å². The van der Waals surface area contributed by atoms with E-state index in [4.69, 9.17) is 23.7 Å². The highest BCUT2D eigenvalue weighted by molar-refractivity contribution is 5.75. The summed E-state index contributed by atoms with van der Waals surface area (Å²) in [5, 5.41) is 2.61. The van der Waals surface area contributed by atoms with Gasteiger partial charge in [-0.05, 0) is 27.7 Å². The van der Waals surface area contributed by atoms with Gasteiger partial charge >= 0.3 is 6.09 Å². The number of carbonyl (C=O) groups excluding carboxylic acids is 2. The number of ketones is 1. The van der Waals surface area contributed by atoms with E-state index in [2.05, 4.69) is 5.32 Å². The van der Waals surface area contributed by atoms with Gasteiger partial charge in [0.1, 0.15) is 11.4 Å². The number of hydrogen-bond donors (Lipinski definition) is 1. The maximum Gasteiger partial charge on any atom is 0.407 e. The maximum absolute atomic E-state index is 11.4. The molecule has 8 nitrogen and oxygen atoms in total. The molecule has 0 aliphatic rings. The zero-order valence-electron chi connectivity index (χ0n) is 15.9. The molecule has 0 fully saturated rings. The third-order valence-corrected chi connectivity index (χ3v) is 2.63. The smallest absolute Gasteiger partial charge is 0.407 e. The molecule has 0 saturated carbocycles. The minimum atomic E-state index is -0.498. The third-order valence-electron chi connectivity index (χ3n) is 2.63. The minimum absolute atomic E-state index is 0.122. The number of ether oxygens (including phenoxy) is 5. The first-order valence-corrected chi connectivity index (χ1v) is 8.58. The first kappa shape index (κ1) is 23.8. The molecule has 1 amide bonds. The summed E-state index contributed by atoms with van der Waals surface area (Å²) in [6, 6.07) is 0. The minimum Gasteiger partial charge on any atom is -0.444 e. The van der Waals surface area contributed by atoms with E-state index < -0.39 is 11.7 Å². The number of Topliss-reactive ketones (excluding diaryl/α,β-unsaturated/α-hetero) is 1. The van der Waals surface area contributed by atoms with Crippen LogP contribution in [-0.4, -0.2) is 76.9 Å². The van der Waals surface area contributed by atoms with E-state index in [-0.39, 0.29) is 5.78 Å². The average Bonchev–Trinajstić information content (AvgIpc) is 2.49. The van der Waals surface area contributed by atoms with E-state index in [9.17, 15) is 9.59 Å². The Morgan fingerprint density at radius 1 is 0.760 bits per heavy atom. The topological polar surface area (TPSA) is 92.3 Å². The normalized spacial score (nSPS) is 11.4. The molecule has 25 heavy (non-hydrogen) atoms. The fourth-order valence-corrected chi connectivity index (χ4v) is 1.52. The molecular weight excluding hydrogens is 330 g/mol. The molecule has 0 aliphatic carbocycles. The molecule has 0 aromatic heterocycles. The molecule has 0 aliphatic heterocycles. The van der Waals surface area contributed by atoms with Crippen molar-refractivity contribution >= 4 is 11.9 Å². The highest BCUT2D eigenvalue weighted by Crippen LogP contribution is 2.05. The number of nitrogens with one attached hydrogen (secondary N) is 1. The largest absolute Gasteiger partial charge is 0.444 e. The molecule has 0 aromatic rings. The lowest BCUT2D eigenvalue weighted by Crippen LogP contribution is -2.34. The van der Waals surface area contributed by atoms with Gasteiger partial charge in [-0.1, -0.05) is 0 Å². The van der Waals surface area contributed by atoms with Gasteiger partial charge < -0.3 is 29.0 Å². The van der Waals surface area contributed by atoms with Gasteiger partial charge in [0, 0.05) is 13.0 Å². The first-order valence-electron chi connectivity index (χ1n) is 8.58. The van der Waals surface area contributed by atoms with E-state index in [1.165, 1.54) is 0 Å². The Kier molecular flexibility index (Phi) is 14.3. The van der Waals surface area contributed by atoms with Gasteiger partial charge in [0.2, 0.25) is 0 Å². The Morgan fingerprint density at radius 3 is 1.64 bits per heavy atom. The van der Waals surface area contributed by atoms with Gasteiger partial charge in [0.05, 0.1) is 52.9 Å². The predicted octanol–water partition coefficient (Wildman–Crippen LogP) is 1.56. The zero-order valence-corrected chi connectivity index (χ0v) is 15.9. The molecule has 0 unspecified atom stereocenters. The Bertz CT molecular complexity index is 355. The van der Waals surface area contributed by atoms with Crippen LogP contribution in [0.3, 0.4) is 0 Å². The van der Waals surface area contributed by atoms with Crippen molar-refractivity contribution in [3.63, 3.8) is 0 Å². The Hall–Kier alpha value is -1.22. The van der Waals surface area contributed by atoms with E-state index in [0.29, 0.717) is 65.8 Å². The third kappa shape index (κ3) is 20.7. The van der Waals surface area contributed by atoms with E-state index in [0.717, 1.165) is 0 Å². The van der Waals surface area contributed by atoms with Crippen LogP contribution in [-0.2, 0) is 28.5 Å². The summed E-state index contributed by atoms with van der Waals surface area (Å²) >= 11 is 0. The lowest BCUT2D eigenvalue weighted by atomic mass is 10.2. The molecule has 0 atom stereocenters. The zero-order chi connectivity index (χ0) is 19.0. The maximum atomic E-state index is 11.4. The van der Waals surface area contributed by atoms with Crippen molar-refractivity contribution in [3.05, 3.63) is 0 Å². The first-order chi connectivity index (χ1) is 11.8. The summed E-state index contributed by atoms with van der Waals surface area (Å²) in [6.07, 6.45) is -0.00841. The number of alkyl carbamates (subject to hydrolysis) is 1. The van der Waals surface area contributed by atoms with Gasteiger partial charge in [-0.3, -0.25) is 4.79 Å². The summed E-state index contributed by atoms with van der Waals surface area (Å²) < 4.78 is 26.3. The van der Waals surface area contributed by atoms with Gasteiger partial charge in [-0.25, -0.2) is 4.79 Å². The van der Waals surface area contributed by atoms with Crippen LogP contribution in [0.15, 0.2) is 0 Å².